The van der Waals surface area contributed by atoms with Crippen molar-refractivity contribution in [1.29, 1.82) is 0 Å². The normalized spacial score (nSPS) is 13.6. The molecule has 0 bridgehead atoms. The maximum absolute atomic E-state index is 12.9. The number of aliphatic imine (C=N–C) groups is 1. The van der Waals surface area contributed by atoms with Crippen molar-refractivity contribution in [2.45, 2.75) is 6.04 Å². The molecule has 5 heteroatoms. The van der Waals surface area contributed by atoms with Gasteiger partial charge in [0.2, 0.25) is 0 Å². The third kappa shape index (κ3) is 4.00. The van der Waals surface area contributed by atoms with Crippen molar-refractivity contribution >= 4 is 5.96 Å². The van der Waals surface area contributed by atoms with Crippen LogP contribution in [0, 0.1) is 5.82 Å². The van der Waals surface area contributed by atoms with Gasteiger partial charge >= 0.3 is 0 Å². The van der Waals surface area contributed by atoms with E-state index in [1.54, 1.807) is 7.05 Å². The summed E-state index contributed by atoms with van der Waals surface area (Å²) in [6.45, 7) is 0.701. The van der Waals surface area contributed by atoms with Gasteiger partial charge in [0, 0.05) is 20.6 Å². The predicted octanol–water partition coefficient (Wildman–Crippen LogP) is 1.22. The van der Waals surface area contributed by atoms with Gasteiger partial charge in [-0.1, -0.05) is 12.1 Å². The Hall–Kier alpha value is -1.62. The molecular formula is C13H21FN4. The van der Waals surface area contributed by atoms with Crippen LogP contribution in [0.1, 0.15) is 11.6 Å². The fraction of sp³-hybridized carbons (Fsp3) is 0.462. The molecule has 1 rings (SSSR count). The summed E-state index contributed by atoms with van der Waals surface area (Å²) in [6, 6.07) is 6.75. The first-order valence-electron chi connectivity index (χ1n) is 5.88. The second kappa shape index (κ2) is 6.96. The molecule has 0 radical (unpaired) electrons. The van der Waals surface area contributed by atoms with Crippen molar-refractivity contribution in [2.24, 2.45) is 4.99 Å². The van der Waals surface area contributed by atoms with Crippen LogP contribution in [0.4, 0.5) is 4.39 Å². The van der Waals surface area contributed by atoms with E-state index in [4.69, 9.17) is 0 Å². The summed E-state index contributed by atoms with van der Waals surface area (Å²) in [5, 5.41) is 6.18. The Balaban J connectivity index is 2.74. The van der Waals surface area contributed by atoms with Crippen molar-refractivity contribution in [3.8, 4) is 0 Å². The molecule has 18 heavy (non-hydrogen) atoms. The molecule has 1 aromatic carbocycles. The Bertz CT molecular complexity index is 386. The van der Waals surface area contributed by atoms with Crippen LogP contribution in [-0.4, -0.2) is 45.6 Å². The average Bonchev–Trinajstić information content (AvgIpc) is 2.36. The third-order valence-electron chi connectivity index (χ3n) is 2.80. The first kappa shape index (κ1) is 14.4. The van der Waals surface area contributed by atoms with E-state index in [9.17, 15) is 4.39 Å². The van der Waals surface area contributed by atoms with Gasteiger partial charge in [0.15, 0.2) is 5.96 Å². The van der Waals surface area contributed by atoms with Crippen LogP contribution >= 0.6 is 0 Å². The quantitative estimate of drug-likeness (QED) is 0.625. The number of likely N-dealkylation sites (N-methyl/N-ethyl adjacent to an activating group) is 1. The molecule has 2 N–H and O–H groups in total. The summed E-state index contributed by atoms with van der Waals surface area (Å²) in [4.78, 5) is 6.15. The number of nitrogens with zero attached hydrogens (tertiary/aromatic N) is 2. The topological polar surface area (TPSA) is 39.7 Å². The smallest absolute Gasteiger partial charge is 0.190 e. The van der Waals surface area contributed by atoms with E-state index in [0.717, 1.165) is 11.5 Å². The van der Waals surface area contributed by atoms with Crippen LogP contribution in [0.2, 0.25) is 0 Å². The van der Waals surface area contributed by atoms with Gasteiger partial charge in [0.25, 0.3) is 0 Å². The van der Waals surface area contributed by atoms with Gasteiger partial charge in [0.05, 0.1) is 6.04 Å². The highest BCUT2D eigenvalue weighted by Gasteiger charge is 2.14. The predicted molar refractivity (Wildman–Crippen MR) is 73.2 cm³/mol. The molecule has 0 saturated heterocycles. The summed E-state index contributed by atoms with van der Waals surface area (Å²) in [5.41, 5.74) is 1.07. The van der Waals surface area contributed by atoms with Crippen molar-refractivity contribution in [3.63, 3.8) is 0 Å². The summed E-state index contributed by atoms with van der Waals surface area (Å²) < 4.78 is 12.9. The van der Waals surface area contributed by atoms with Crippen LogP contribution in [-0.2, 0) is 0 Å². The van der Waals surface area contributed by atoms with Crippen LogP contribution in [0.3, 0.4) is 0 Å². The van der Waals surface area contributed by atoms with Crippen LogP contribution in [0.5, 0.6) is 0 Å². The molecule has 1 aromatic rings. The van der Waals surface area contributed by atoms with E-state index in [1.165, 1.54) is 12.1 Å². The Morgan fingerprint density at radius 2 is 1.94 bits per heavy atom. The number of benzene rings is 1. The Kier molecular flexibility index (Phi) is 5.58. The molecule has 0 amide bonds. The largest absolute Gasteiger partial charge is 0.359 e. The number of halogens is 1. The van der Waals surface area contributed by atoms with Crippen molar-refractivity contribution in [1.82, 2.24) is 15.5 Å². The summed E-state index contributed by atoms with van der Waals surface area (Å²) in [7, 11) is 7.54. The molecular weight excluding hydrogens is 231 g/mol. The van der Waals surface area contributed by atoms with E-state index in [1.807, 2.05) is 33.3 Å². The molecule has 0 saturated carbocycles. The third-order valence-corrected chi connectivity index (χ3v) is 2.80. The van der Waals surface area contributed by atoms with E-state index < -0.39 is 0 Å². The van der Waals surface area contributed by atoms with Gasteiger partial charge < -0.3 is 15.5 Å². The van der Waals surface area contributed by atoms with Gasteiger partial charge in [0.1, 0.15) is 5.82 Å². The minimum Gasteiger partial charge on any atom is -0.359 e. The fourth-order valence-electron chi connectivity index (χ4n) is 1.76. The second-order valence-corrected chi connectivity index (χ2v) is 4.23. The molecule has 0 fully saturated rings. The van der Waals surface area contributed by atoms with Crippen molar-refractivity contribution in [2.75, 3.05) is 34.7 Å². The monoisotopic (exact) mass is 252 g/mol. The van der Waals surface area contributed by atoms with Crippen LogP contribution in [0.25, 0.3) is 0 Å². The van der Waals surface area contributed by atoms with Gasteiger partial charge in [-0.3, -0.25) is 4.99 Å². The van der Waals surface area contributed by atoms with E-state index in [2.05, 4.69) is 20.5 Å². The highest BCUT2D eigenvalue weighted by atomic mass is 19.1. The molecule has 4 nitrogen and oxygen atoms in total. The number of hydrogen-bond donors (Lipinski definition) is 2. The lowest BCUT2D eigenvalue weighted by Crippen LogP contribution is -2.40. The average molecular weight is 252 g/mol. The van der Waals surface area contributed by atoms with Crippen LogP contribution < -0.4 is 10.6 Å². The van der Waals surface area contributed by atoms with Gasteiger partial charge in [-0.15, -0.1) is 0 Å². The first-order chi connectivity index (χ1) is 8.58. The zero-order valence-electron chi connectivity index (χ0n) is 11.4. The van der Waals surface area contributed by atoms with Gasteiger partial charge in [-0.2, -0.15) is 0 Å². The van der Waals surface area contributed by atoms with E-state index >= 15 is 0 Å². The standard InChI is InChI=1S/C13H21FN4/c1-15-13(16-2)17-9-12(18(3)4)10-5-7-11(14)8-6-10/h5-8,12H,9H2,1-4H3,(H2,15,16,17)/t12-/m0/s1. The maximum atomic E-state index is 12.9. The molecule has 0 heterocycles. The minimum absolute atomic E-state index is 0.163. The lowest BCUT2D eigenvalue weighted by Gasteiger charge is -2.25. The molecule has 100 valence electrons. The molecule has 1 atom stereocenters. The maximum Gasteiger partial charge on any atom is 0.190 e. The molecule has 0 unspecified atom stereocenters. The summed E-state index contributed by atoms with van der Waals surface area (Å²) >= 11 is 0. The number of nitrogens with one attached hydrogen (secondary N) is 2. The summed E-state index contributed by atoms with van der Waals surface area (Å²) in [6.07, 6.45) is 0. The number of hydrogen-bond acceptors (Lipinski definition) is 2. The fourth-order valence-corrected chi connectivity index (χ4v) is 1.76. The Morgan fingerprint density at radius 1 is 1.33 bits per heavy atom. The lowest BCUT2D eigenvalue weighted by atomic mass is 10.1. The molecule has 0 spiro atoms. The molecule has 0 aliphatic rings. The lowest BCUT2D eigenvalue weighted by molar-refractivity contribution is 0.298. The second-order valence-electron chi connectivity index (χ2n) is 4.23. The highest BCUT2D eigenvalue weighted by Crippen LogP contribution is 2.17. The van der Waals surface area contributed by atoms with E-state index in [-0.39, 0.29) is 11.9 Å². The zero-order valence-corrected chi connectivity index (χ0v) is 11.4. The van der Waals surface area contributed by atoms with E-state index in [0.29, 0.717) is 6.54 Å². The first-order valence-corrected chi connectivity index (χ1v) is 5.88. The number of guanidine groups is 1. The van der Waals surface area contributed by atoms with Crippen molar-refractivity contribution in [3.05, 3.63) is 35.6 Å². The summed E-state index contributed by atoms with van der Waals surface area (Å²) in [5.74, 6) is 0.527. The highest BCUT2D eigenvalue weighted by molar-refractivity contribution is 5.79. The Morgan fingerprint density at radius 3 is 2.39 bits per heavy atom. The zero-order chi connectivity index (χ0) is 13.5. The van der Waals surface area contributed by atoms with Gasteiger partial charge in [-0.05, 0) is 31.8 Å². The van der Waals surface area contributed by atoms with Crippen molar-refractivity contribution < 1.29 is 4.39 Å². The number of rotatable bonds is 4. The Labute approximate surface area is 108 Å². The molecule has 0 aliphatic heterocycles. The molecule has 0 aromatic heterocycles. The SMILES string of the molecule is CN=C(NC)NC[C@@H](c1ccc(F)cc1)N(C)C. The molecule has 0 aliphatic carbocycles. The van der Waals surface area contributed by atoms with Crippen LogP contribution in [0.15, 0.2) is 29.3 Å². The van der Waals surface area contributed by atoms with Gasteiger partial charge in [-0.25, -0.2) is 4.39 Å². The minimum atomic E-state index is -0.213.